The Labute approximate surface area is 155 Å². The van der Waals surface area contributed by atoms with E-state index in [4.69, 9.17) is 9.47 Å². The molecule has 146 valence electrons. The molecule has 9 nitrogen and oxygen atoms in total. The fourth-order valence-corrected chi connectivity index (χ4v) is 2.60. The molecular weight excluding hydrogens is 357 g/mol. The van der Waals surface area contributed by atoms with Crippen LogP contribution in [0.15, 0.2) is 24.3 Å². The summed E-state index contributed by atoms with van der Waals surface area (Å²) >= 11 is 0. The molecule has 2 aromatic rings. The van der Waals surface area contributed by atoms with E-state index in [-0.39, 0.29) is 19.4 Å². The number of nitrogens with zero attached hydrogens (tertiary/aromatic N) is 4. The second-order valence-electron chi connectivity index (χ2n) is 5.89. The van der Waals surface area contributed by atoms with Crippen LogP contribution in [-0.2, 0) is 25.5 Å². The van der Waals surface area contributed by atoms with E-state index >= 15 is 0 Å². The zero-order valence-corrected chi connectivity index (χ0v) is 15.4. The SMILES string of the molecule is COCC[C@H](NC(=O)[C@@H](Cc1cccc(F)c1)n1nnnc1C)C(=O)OC. The molecule has 10 heteroatoms. The minimum absolute atomic E-state index is 0.146. The Morgan fingerprint density at radius 2 is 2.11 bits per heavy atom. The quantitative estimate of drug-likeness (QED) is 0.636. The number of aromatic nitrogens is 4. The number of esters is 1. The molecule has 0 unspecified atom stereocenters. The van der Waals surface area contributed by atoms with E-state index in [1.165, 1.54) is 31.0 Å². The number of hydrogen-bond donors (Lipinski definition) is 1. The summed E-state index contributed by atoms with van der Waals surface area (Å²) in [6, 6.07) is 4.17. The van der Waals surface area contributed by atoms with Crippen LogP contribution in [-0.4, -0.2) is 59.0 Å². The highest BCUT2D eigenvalue weighted by atomic mass is 19.1. The largest absolute Gasteiger partial charge is 0.467 e. The number of rotatable bonds is 9. The van der Waals surface area contributed by atoms with Gasteiger partial charge in [-0.2, -0.15) is 0 Å². The normalized spacial score (nSPS) is 13.0. The van der Waals surface area contributed by atoms with Gasteiger partial charge in [-0.15, -0.1) is 5.10 Å². The van der Waals surface area contributed by atoms with Crippen molar-refractivity contribution in [1.29, 1.82) is 0 Å². The van der Waals surface area contributed by atoms with Crippen LogP contribution in [0.4, 0.5) is 4.39 Å². The number of aryl methyl sites for hydroxylation is 1. The second-order valence-corrected chi connectivity index (χ2v) is 5.89. The molecule has 0 aliphatic heterocycles. The van der Waals surface area contributed by atoms with Crippen molar-refractivity contribution < 1.29 is 23.5 Å². The molecule has 1 amide bonds. The highest BCUT2D eigenvalue weighted by Crippen LogP contribution is 2.16. The van der Waals surface area contributed by atoms with Crippen LogP contribution >= 0.6 is 0 Å². The zero-order chi connectivity index (χ0) is 19.8. The van der Waals surface area contributed by atoms with Crippen LogP contribution in [0, 0.1) is 12.7 Å². The molecule has 27 heavy (non-hydrogen) atoms. The monoisotopic (exact) mass is 379 g/mol. The van der Waals surface area contributed by atoms with Gasteiger partial charge >= 0.3 is 5.97 Å². The molecule has 0 fully saturated rings. The van der Waals surface area contributed by atoms with E-state index in [1.54, 1.807) is 19.1 Å². The fraction of sp³-hybridized carbons (Fsp3) is 0.471. The van der Waals surface area contributed by atoms with Gasteiger partial charge in [0.1, 0.15) is 23.7 Å². The van der Waals surface area contributed by atoms with Crippen molar-refractivity contribution in [2.45, 2.75) is 31.8 Å². The summed E-state index contributed by atoms with van der Waals surface area (Å²) in [4.78, 5) is 24.9. The number of nitrogens with one attached hydrogen (secondary N) is 1. The molecule has 0 aliphatic carbocycles. The third kappa shape index (κ3) is 5.55. The maximum atomic E-state index is 13.5. The van der Waals surface area contributed by atoms with Gasteiger partial charge in [0.25, 0.3) is 0 Å². The van der Waals surface area contributed by atoms with Crippen LogP contribution < -0.4 is 5.32 Å². The molecule has 0 aliphatic rings. The average Bonchev–Trinajstić information content (AvgIpc) is 3.08. The Morgan fingerprint density at radius 1 is 1.33 bits per heavy atom. The van der Waals surface area contributed by atoms with E-state index in [1.807, 2.05) is 0 Å². The van der Waals surface area contributed by atoms with Crippen LogP contribution in [0.3, 0.4) is 0 Å². The van der Waals surface area contributed by atoms with E-state index < -0.39 is 29.8 Å². The Balaban J connectivity index is 2.25. The van der Waals surface area contributed by atoms with Crippen LogP contribution in [0.5, 0.6) is 0 Å². The molecule has 1 heterocycles. The van der Waals surface area contributed by atoms with Gasteiger partial charge in [0, 0.05) is 26.6 Å². The predicted molar refractivity (Wildman–Crippen MR) is 92.1 cm³/mol. The summed E-state index contributed by atoms with van der Waals surface area (Å²) in [5.41, 5.74) is 0.594. The molecule has 2 rings (SSSR count). The van der Waals surface area contributed by atoms with Crippen molar-refractivity contribution in [3.63, 3.8) is 0 Å². The van der Waals surface area contributed by atoms with Gasteiger partial charge in [0.15, 0.2) is 0 Å². The van der Waals surface area contributed by atoms with Crippen molar-refractivity contribution >= 4 is 11.9 Å². The lowest BCUT2D eigenvalue weighted by molar-refractivity contribution is -0.146. The van der Waals surface area contributed by atoms with Gasteiger partial charge < -0.3 is 14.8 Å². The third-order valence-electron chi connectivity index (χ3n) is 3.99. The lowest BCUT2D eigenvalue weighted by atomic mass is 10.0. The summed E-state index contributed by atoms with van der Waals surface area (Å²) in [6.07, 6.45) is 0.393. The lowest BCUT2D eigenvalue weighted by Gasteiger charge is -2.21. The molecule has 1 aromatic heterocycles. The first-order valence-corrected chi connectivity index (χ1v) is 8.32. The molecule has 0 radical (unpaired) electrons. The van der Waals surface area contributed by atoms with Gasteiger partial charge in [0.2, 0.25) is 5.91 Å². The molecule has 1 aromatic carbocycles. The van der Waals surface area contributed by atoms with Crippen LogP contribution in [0.1, 0.15) is 23.9 Å². The second kappa shape index (κ2) is 9.72. The Morgan fingerprint density at radius 3 is 2.70 bits per heavy atom. The summed E-state index contributed by atoms with van der Waals surface area (Å²) in [6.45, 7) is 1.91. The zero-order valence-electron chi connectivity index (χ0n) is 15.4. The lowest BCUT2D eigenvalue weighted by Crippen LogP contribution is -2.46. The number of methoxy groups -OCH3 is 2. The molecule has 0 bridgehead atoms. The first-order valence-electron chi connectivity index (χ1n) is 8.32. The van der Waals surface area contributed by atoms with Gasteiger partial charge in [-0.3, -0.25) is 4.79 Å². The maximum absolute atomic E-state index is 13.5. The molecule has 0 saturated carbocycles. The Kier molecular flexibility index (Phi) is 7.35. The van der Waals surface area contributed by atoms with Gasteiger partial charge in [-0.05, 0) is 35.0 Å². The van der Waals surface area contributed by atoms with Crippen molar-refractivity contribution in [2.24, 2.45) is 0 Å². The third-order valence-corrected chi connectivity index (χ3v) is 3.99. The molecule has 0 spiro atoms. The highest BCUT2D eigenvalue weighted by Gasteiger charge is 2.29. The van der Waals surface area contributed by atoms with Crippen molar-refractivity contribution in [2.75, 3.05) is 20.8 Å². The Bertz CT molecular complexity index is 782. The van der Waals surface area contributed by atoms with E-state index in [9.17, 15) is 14.0 Å². The molecule has 0 saturated heterocycles. The predicted octanol–water partition coefficient (Wildman–Crippen LogP) is 0.599. The molecular formula is C17H22FN5O4. The van der Waals surface area contributed by atoms with Crippen molar-refractivity contribution in [3.05, 3.63) is 41.5 Å². The van der Waals surface area contributed by atoms with E-state index in [0.29, 0.717) is 11.4 Å². The fourth-order valence-electron chi connectivity index (χ4n) is 2.60. The first kappa shape index (κ1) is 20.4. The van der Waals surface area contributed by atoms with Crippen LogP contribution in [0.25, 0.3) is 0 Å². The smallest absolute Gasteiger partial charge is 0.328 e. The molecule has 1 N–H and O–H groups in total. The number of ether oxygens (including phenoxy) is 2. The van der Waals surface area contributed by atoms with Crippen LogP contribution in [0.2, 0.25) is 0 Å². The summed E-state index contributed by atoms with van der Waals surface area (Å²) in [7, 11) is 2.73. The van der Waals surface area contributed by atoms with Gasteiger partial charge in [-0.25, -0.2) is 13.9 Å². The summed E-state index contributed by atoms with van der Waals surface area (Å²) < 4.78 is 24.6. The number of amides is 1. The molecule has 2 atom stereocenters. The van der Waals surface area contributed by atoms with Crippen molar-refractivity contribution in [3.8, 4) is 0 Å². The van der Waals surface area contributed by atoms with Gasteiger partial charge in [0.05, 0.1) is 7.11 Å². The first-order chi connectivity index (χ1) is 13.0. The standard InChI is InChI=1S/C17H22FN5O4/c1-11-20-21-22-23(11)15(10-12-5-4-6-13(18)9-12)16(24)19-14(7-8-26-2)17(25)27-3/h4-6,9,14-15H,7-8,10H2,1-3H3,(H,19,24)/t14-,15+/m0/s1. The minimum atomic E-state index is -0.880. The number of carbonyl (C=O) groups is 2. The maximum Gasteiger partial charge on any atom is 0.328 e. The number of hydrogen-bond acceptors (Lipinski definition) is 7. The minimum Gasteiger partial charge on any atom is -0.467 e. The highest BCUT2D eigenvalue weighted by molar-refractivity contribution is 5.86. The van der Waals surface area contributed by atoms with Crippen molar-refractivity contribution in [1.82, 2.24) is 25.5 Å². The van der Waals surface area contributed by atoms with E-state index in [0.717, 1.165) is 0 Å². The summed E-state index contributed by atoms with van der Waals surface area (Å²) in [5, 5.41) is 13.9. The number of benzene rings is 1. The summed E-state index contributed by atoms with van der Waals surface area (Å²) in [5.74, 6) is -1.06. The van der Waals surface area contributed by atoms with E-state index in [2.05, 4.69) is 20.8 Å². The number of halogens is 1. The Hall–Kier alpha value is -2.88. The number of tetrazole rings is 1. The van der Waals surface area contributed by atoms with Gasteiger partial charge in [-0.1, -0.05) is 12.1 Å². The number of carbonyl (C=O) groups excluding carboxylic acids is 2. The average molecular weight is 379 g/mol. The topological polar surface area (TPSA) is 108 Å².